The Hall–Kier alpha value is -0.830. The van der Waals surface area contributed by atoms with Gasteiger partial charge in [0.2, 0.25) is 0 Å². The summed E-state index contributed by atoms with van der Waals surface area (Å²) in [7, 11) is 2.11. The highest BCUT2D eigenvalue weighted by Crippen LogP contribution is 2.35. The molecule has 1 atom stereocenters. The Labute approximate surface area is 130 Å². The van der Waals surface area contributed by atoms with Gasteiger partial charge in [0.15, 0.2) is 0 Å². The summed E-state index contributed by atoms with van der Waals surface area (Å²) in [4.78, 5) is 0. The molecule has 1 aliphatic rings. The van der Waals surface area contributed by atoms with Crippen LogP contribution in [0.25, 0.3) is 0 Å². The van der Waals surface area contributed by atoms with Crippen molar-refractivity contribution >= 4 is 0 Å². The molecule has 0 aliphatic heterocycles. The van der Waals surface area contributed by atoms with Gasteiger partial charge in [0.1, 0.15) is 0 Å². The van der Waals surface area contributed by atoms with Gasteiger partial charge in [-0.25, -0.2) is 0 Å². The highest BCUT2D eigenvalue weighted by Gasteiger charge is 2.28. The molecule has 3 heteroatoms. The first-order valence-electron chi connectivity index (χ1n) is 8.72. The van der Waals surface area contributed by atoms with Crippen molar-refractivity contribution in [3.8, 4) is 0 Å². The van der Waals surface area contributed by atoms with Gasteiger partial charge in [0.25, 0.3) is 0 Å². The summed E-state index contributed by atoms with van der Waals surface area (Å²) in [6.07, 6.45) is 8.73. The Morgan fingerprint density at radius 1 is 1.14 bits per heavy atom. The van der Waals surface area contributed by atoms with Crippen LogP contribution in [0.1, 0.15) is 65.1 Å². The van der Waals surface area contributed by atoms with Crippen molar-refractivity contribution < 1.29 is 0 Å². The lowest BCUT2D eigenvalue weighted by molar-refractivity contribution is 0.191. The molecule has 0 saturated heterocycles. The van der Waals surface area contributed by atoms with Gasteiger partial charge in [-0.3, -0.25) is 4.68 Å². The summed E-state index contributed by atoms with van der Waals surface area (Å²) < 4.78 is 2.07. The van der Waals surface area contributed by atoms with Gasteiger partial charge in [-0.1, -0.05) is 13.8 Å². The topological polar surface area (TPSA) is 29.9 Å². The first-order valence-corrected chi connectivity index (χ1v) is 8.72. The SMILES string of the molecule is CNC(Cc1ccn(C(C)C)n1)C1CCC(C(C)C)CC1. The van der Waals surface area contributed by atoms with Crippen LogP contribution in [0.2, 0.25) is 0 Å². The van der Waals surface area contributed by atoms with Gasteiger partial charge in [-0.05, 0) is 70.4 Å². The van der Waals surface area contributed by atoms with Gasteiger partial charge < -0.3 is 5.32 Å². The Kier molecular flexibility index (Phi) is 5.86. The number of rotatable bonds is 6. The molecule has 1 N–H and O–H groups in total. The molecule has 120 valence electrons. The van der Waals surface area contributed by atoms with Crippen LogP contribution < -0.4 is 5.32 Å². The van der Waals surface area contributed by atoms with Crippen LogP contribution in [-0.4, -0.2) is 22.9 Å². The molecule has 0 radical (unpaired) electrons. The third-order valence-electron chi connectivity index (χ3n) is 5.32. The molecule has 1 aromatic rings. The molecule has 1 fully saturated rings. The van der Waals surface area contributed by atoms with E-state index in [-0.39, 0.29) is 0 Å². The lowest BCUT2D eigenvalue weighted by atomic mass is 9.74. The first-order chi connectivity index (χ1) is 10.0. The van der Waals surface area contributed by atoms with Gasteiger partial charge in [-0.15, -0.1) is 0 Å². The van der Waals surface area contributed by atoms with E-state index in [9.17, 15) is 0 Å². The Morgan fingerprint density at radius 2 is 1.76 bits per heavy atom. The predicted molar refractivity (Wildman–Crippen MR) is 89.4 cm³/mol. The van der Waals surface area contributed by atoms with Crippen molar-refractivity contribution in [1.29, 1.82) is 0 Å². The monoisotopic (exact) mass is 291 g/mol. The zero-order chi connectivity index (χ0) is 15.4. The Bertz CT molecular complexity index is 414. The predicted octanol–water partition coefficient (Wildman–Crippen LogP) is 4.06. The van der Waals surface area contributed by atoms with E-state index in [4.69, 9.17) is 5.10 Å². The molecule has 0 aromatic carbocycles. The maximum Gasteiger partial charge on any atom is 0.0640 e. The van der Waals surface area contributed by atoms with Gasteiger partial charge >= 0.3 is 0 Å². The summed E-state index contributed by atoms with van der Waals surface area (Å²) in [5.41, 5.74) is 1.23. The fraction of sp³-hybridized carbons (Fsp3) is 0.833. The second kappa shape index (κ2) is 7.44. The number of hydrogen-bond donors (Lipinski definition) is 1. The van der Waals surface area contributed by atoms with E-state index in [2.05, 4.69) is 57.0 Å². The van der Waals surface area contributed by atoms with Crippen LogP contribution >= 0.6 is 0 Å². The van der Waals surface area contributed by atoms with Crippen LogP contribution in [0, 0.1) is 17.8 Å². The van der Waals surface area contributed by atoms with Gasteiger partial charge in [0, 0.05) is 24.7 Å². The first kappa shape index (κ1) is 16.5. The van der Waals surface area contributed by atoms with Crippen LogP contribution in [0.15, 0.2) is 12.3 Å². The third kappa shape index (κ3) is 4.32. The standard InChI is InChI=1S/C18H33N3/c1-13(2)15-6-8-16(9-7-15)18(19-5)12-17-10-11-21(20-17)14(3)4/h10-11,13-16,18-19H,6-9,12H2,1-5H3. The fourth-order valence-corrected chi connectivity index (χ4v) is 3.72. The van der Waals surface area contributed by atoms with Crippen LogP contribution in [0.5, 0.6) is 0 Å². The summed E-state index contributed by atoms with van der Waals surface area (Å²) in [5, 5.41) is 8.27. The van der Waals surface area contributed by atoms with Crippen molar-refractivity contribution in [2.75, 3.05) is 7.05 Å². The van der Waals surface area contributed by atoms with E-state index in [0.29, 0.717) is 12.1 Å². The van der Waals surface area contributed by atoms with E-state index in [0.717, 1.165) is 24.2 Å². The van der Waals surface area contributed by atoms with Crippen molar-refractivity contribution in [1.82, 2.24) is 15.1 Å². The van der Waals surface area contributed by atoms with E-state index < -0.39 is 0 Å². The molecular weight excluding hydrogens is 258 g/mol. The van der Waals surface area contributed by atoms with Crippen molar-refractivity contribution in [3.05, 3.63) is 18.0 Å². The van der Waals surface area contributed by atoms with Crippen LogP contribution in [0.3, 0.4) is 0 Å². The largest absolute Gasteiger partial charge is 0.316 e. The summed E-state index contributed by atoms with van der Waals surface area (Å²) >= 11 is 0. The average molecular weight is 291 g/mol. The Balaban J connectivity index is 1.91. The zero-order valence-corrected chi connectivity index (χ0v) is 14.5. The normalized spacial score (nSPS) is 24.7. The molecule has 1 heterocycles. The molecular formula is C18H33N3. The molecule has 1 aliphatic carbocycles. The zero-order valence-electron chi connectivity index (χ0n) is 14.5. The highest BCUT2D eigenvalue weighted by molar-refractivity contribution is 5.03. The van der Waals surface area contributed by atoms with Gasteiger partial charge in [-0.2, -0.15) is 5.10 Å². The van der Waals surface area contributed by atoms with E-state index in [1.165, 1.54) is 31.4 Å². The quantitative estimate of drug-likeness (QED) is 0.856. The number of nitrogens with zero attached hydrogens (tertiary/aromatic N) is 2. The Morgan fingerprint density at radius 3 is 2.24 bits per heavy atom. The number of likely N-dealkylation sites (N-methyl/N-ethyl adjacent to an activating group) is 1. The summed E-state index contributed by atoms with van der Waals surface area (Å²) in [5.74, 6) is 2.61. The minimum atomic E-state index is 0.452. The highest BCUT2D eigenvalue weighted by atomic mass is 15.3. The fourth-order valence-electron chi connectivity index (χ4n) is 3.72. The van der Waals surface area contributed by atoms with Crippen molar-refractivity contribution in [2.45, 2.75) is 71.9 Å². The lowest BCUT2D eigenvalue weighted by Gasteiger charge is -2.35. The smallest absolute Gasteiger partial charge is 0.0640 e. The second-order valence-corrected chi connectivity index (χ2v) is 7.40. The van der Waals surface area contributed by atoms with E-state index >= 15 is 0 Å². The maximum absolute atomic E-state index is 4.71. The summed E-state index contributed by atoms with van der Waals surface area (Å²) in [6, 6.07) is 3.21. The molecule has 1 unspecified atom stereocenters. The van der Waals surface area contributed by atoms with E-state index in [1.54, 1.807) is 0 Å². The molecule has 21 heavy (non-hydrogen) atoms. The van der Waals surface area contributed by atoms with Crippen molar-refractivity contribution in [3.63, 3.8) is 0 Å². The minimum Gasteiger partial charge on any atom is -0.316 e. The average Bonchev–Trinajstić information content (AvgIpc) is 2.93. The van der Waals surface area contributed by atoms with Crippen LogP contribution in [0.4, 0.5) is 0 Å². The van der Waals surface area contributed by atoms with Crippen molar-refractivity contribution in [2.24, 2.45) is 17.8 Å². The number of aromatic nitrogens is 2. The second-order valence-electron chi connectivity index (χ2n) is 7.40. The third-order valence-corrected chi connectivity index (χ3v) is 5.32. The molecule has 1 aromatic heterocycles. The molecule has 2 rings (SSSR count). The molecule has 3 nitrogen and oxygen atoms in total. The molecule has 0 bridgehead atoms. The number of nitrogens with one attached hydrogen (secondary N) is 1. The maximum atomic E-state index is 4.71. The van der Waals surface area contributed by atoms with E-state index in [1.807, 2.05) is 0 Å². The lowest BCUT2D eigenvalue weighted by Crippen LogP contribution is -2.38. The van der Waals surface area contributed by atoms with Gasteiger partial charge in [0.05, 0.1) is 5.69 Å². The number of hydrogen-bond acceptors (Lipinski definition) is 2. The minimum absolute atomic E-state index is 0.452. The molecule has 0 amide bonds. The molecule has 1 saturated carbocycles. The van der Waals surface area contributed by atoms with Crippen LogP contribution in [-0.2, 0) is 6.42 Å². The summed E-state index contributed by atoms with van der Waals surface area (Å²) in [6.45, 7) is 9.11. The molecule has 0 spiro atoms.